The summed E-state index contributed by atoms with van der Waals surface area (Å²) in [4.78, 5) is 13.9. The predicted molar refractivity (Wildman–Crippen MR) is 54.3 cm³/mol. The summed E-state index contributed by atoms with van der Waals surface area (Å²) in [7, 11) is 0. The van der Waals surface area contributed by atoms with Gasteiger partial charge in [0.25, 0.3) is 0 Å². The molecule has 1 atom stereocenters. The molecule has 0 saturated carbocycles. The van der Waals surface area contributed by atoms with Crippen molar-refractivity contribution in [2.75, 3.05) is 18.0 Å². The molecule has 76 valence electrons. The van der Waals surface area contributed by atoms with Gasteiger partial charge in [-0.3, -0.25) is 0 Å². The Labute approximate surface area is 87.3 Å². The van der Waals surface area contributed by atoms with Crippen LogP contribution in [0.15, 0.2) is 6.33 Å². The number of nitrogens with two attached hydrogens (primary N) is 1. The lowest BCUT2D eigenvalue weighted by molar-refractivity contribution is 0.499. The Bertz CT molecular complexity index is 318. The molecule has 1 aliphatic heterocycles. The van der Waals surface area contributed by atoms with Crippen LogP contribution < -0.4 is 10.6 Å². The summed E-state index contributed by atoms with van der Waals surface area (Å²) < 4.78 is 0. The lowest BCUT2D eigenvalue weighted by Gasteiger charge is -2.30. The van der Waals surface area contributed by atoms with E-state index in [9.17, 15) is 0 Å². The Balaban J connectivity index is 2.14. The van der Waals surface area contributed by atoms with Crippen LogP contribution in [-0.2, 0) is 0 Å². The number of rotatable bonds is 1. The van der Waals surface area contributed by atoms with E-state index in [0.717, 1.165) is 25.9 Å². The standard InChI is InChI=1S/C8H12ClN5/c9-7-11-5-12-8(13-7)14-3-1-2-6(10)4-14/h5-6H,1-4,10H2. The van der Waals surface area contributed by atoms with Crippen LogP contribution in [0, 0.1) is 0 Å². The highest BCUT2D eigenvalue weighted by Gasteiger charge is 2.18. The number of aromatic nitrogens is 3. The summed E-state index contributed by atoms with van der Waals surface area (Å²) in [5, 5.41) is 0.231. The zero-order chi connectivity index (χ0) is 9.97. The average Bonchev–Trinajstić information content (AvgIpc) is 2.18. The fourth-order valence-corrected chi connectivity index (χ4v) is 1.73. The van der Waals surface area contributed by atoms with Crippen molar-refractivity contribution >= 4 is 17.5 Å². The van der Waals surface area contributed by atoms with Gasteiger partial charge in [0.2, 0.25) is 11.2 Å². The van der Waals surface area contributed by atoms with Crippen molar-refractivity contribution in [2.45, 2.75) is 18.9 Å². The molecule has 0 radical (unpaired) electrons. The maximum atomic E-state index is 5.85. The van der Waals surface area contributed by atoms with E-state index in [0.29, 0.717) is 5.95 Å². The minimum absolute atomic E-state index is 0.208. The van der Waals surface area contributed by atoms with Gasteiger partial charge in [0, 0.05) is 19.1 Å². The summed E-state index contributed by atoms with van der Waals surface area (Å²) in [5.41, 5.74) is 5.85. The van der Waals surface area contributed by atoms with Crippen LogP contribution in [-0.4, -0.2) is 34.1 Å². The zero-order valence-corrected chi connectivity index (χ0v) is 8.48. The van der Waals surface area contributed by atoms with Gasteiger partial charge in [-0.25, -0.2) is 9.97 Å². The quantitative estimate of drug-likeness (QED) is 0.734. The highest BCUT2D eigenvalue weighted by atomic mass is 35.5. The summed E-state index contributed by atoms with van der Waals surface area (Å²) in [6.45, 7) is 1.73. The topological polar surface area (TPSA) is 67.9 Å². The Morgan fingerprint density at radius 1 is 1.50 bits per heavy atom. The molecular weight excluding hydrogens is 202 g/mol. The third-order valence-corrected chi connectivity index (χ3v) is 2.45. The summed E-state index contributed by atoms with van der Waals surface area (Å²) in [6.07, 6.45) is 3.56. The van der Waals surface area contributed by atoms with Gasteiger partial charge >= 0.3 is 0 Å². The Morgan fingerprint density at radius 2 is 2.36 bits per heavy atom. The third-order valence-electron chi connectivity index (χ3n) is 2.27. The van der Waals surface area contributed by atoms with Gasteiger partial charge in [-0.15, -0.1) is 0 Å². The van der Waals surface area contributed by atoms with Gasteiger partial charge < -0.3 is 10.6 Å². The Kier molecular flexibility index (Phi) is 2.79. The summed E-state index contributed by atoms with van der Waals surface area (Å²) in [5.74, 6) is 0.625. The van der Waals surface area contributed by atoms with E-state index in [1.165, 1.54) is 6.33 Å². The Hall–Kier alpha value is -0.940. The second kappa shape index (κ2) is 4.06. The van der Waals surface area contributed by atoms with Crippen molar-refractivity contribution in [3.05, 3.63) is 11.6 Å². The molecule has 1 aliphatic rings. The first-order valence-corrected chi connectivity index (χ1v) is 4.98. The van der Waals surface area contributed by atoms with Gasteiger partial charge in [-0.05, 0) is 24.4 Å². The van der Waals surface area contributed by atoms with E-state index >= 15 is 0 Å². The van der Waals surface area contributed by atoms with Gasteiger partial charge in [0.15, 0.2) is 0 Å². The van der Waals surface area contributed by atoms with Crippen LogP contribution in [0.4, 0.5) is 5.95 Å². The van der Waals surface area contributed by atoms with Gasteiger partial charge in [0.05, 0.1) is 0 Å². The molecule has 0 spiro atoms. The van der Waals surface area contributed by atoms with Crippen LogP contribution >= 0.6 is 11.6 Å². The lowest BCUT2D eigenvalue weighted by atomic mass is 10.1. The number of anilines is 1. The molecule has 1 aromatic heterocycles. The molecule has 1 unspecified atom stereocenters. The lowest BCUT2D eigenvalue weighted by Crippen LogP contribution is -2.43. The van der Waals surface area contributed by atoms with Crippen LogP contribution in [0.5, 0.6) is 0 Å². The van der Waals surface area contributed by atoms with E-state index in [2.05, 4.69) is 15.0 Å². The Morgan fingerprint density at radius 3 is 3.07 bits per heavy atom. The van der Waals surface area contributed by atoms with Crippen molar-refractivity contribution in [3.8, 4) is 0 Å². The molecule has 0 amide bonds. The number of hydrogen-bond donors (Lipinski definition) is 1. The fourth-order valence-electron chi connectivity index (χ4n) is 1.61. The molecule has 14 heavy (non-hydrogen) atoms. The van der Waals surface area contributed by atoms with Crippen molar-refractivity contribution in [3.63, 3.8) is 0 Å². The smallest absolute Gasteiger partial charge is 0.229 e. The molecular formula is C8H12ClN5. The van der Waals surface area contributed by atoms with Gasteiger partial charge in [-0.1, -0.05) is 0 Å². The first-order valence-electron chi connectivity index (χ1n) is 4.61. The molecule has 2 rings (SSSR count). The molecule has 0 aliphatic carbocycles. The SMILES string of the molecule is NC1CCCN(c2ncnc(Cl)n2)C1. The van der Waals surface area contributed by atoms with Gasteiger partial charge in [-0.2, -0.15) is 4.98 Å². The largest absolute Gasteiger partial charge is 0.339 e. The van der Waals surface area contributed by atoms with Crippen molar-refractivity contribution in [2.24, 2.45) is 5.73 Å². The molecule has 1 fully saturated rings. The second-order valence-corrected chi connectivity index (χ2v) is 3.74. The van der Waals surface area contributed by atoms with Crippen LogP contribution in [0.3, 0.4) is 0 Å². The van der Waals surface area contributed by atoms with E-state index in [4.69, 9.17) is 17.3 Å². The zero-order valence-electron chi connectivity index (χ0n) is 7.73. The first kappa shape index (κ1) is 9.61. The van der Waals surface area contributed by atoms with E-state index in [1.807, 2.05) is 4.90 Å². The maximum Gasteiger partial charge on any atom is 0.229 e. The highest BCUT2D eigenvalue weighted by molar-refractivity contribution is 6.28. The summed E-state index contributed by atoms with van der Waals surface area (Å²) in [6, 6.07) is 0.208. The molecule has 5 nitrogen and oxygen atoms in total. The molecule has 1 aromatic rings. The van der Waals surface area contributed by atoms with Crippen LogP contribution in [0.25, 0.3) is 0 Å². The molecule has 2 heterocycles. The predicted octanol–water partition coefficient (Wildman–Crippen LogP) is 0.452. The van der Waals surface area contributed by atoms with Crippen molar-refractivity contribution in [1.29, 1.82) is 0 Å². The average molecular weight is 214 g/mol. The molecule has 2 N–H and O–H groups in total. The maximum absolute atomic E-state index is 5.85. The van der Waals surface area contributed by atoms with E-state index in [1.54, 1.807) is 0 Å². The molecule has 6 heteroatoms. The van der Waals surface area contributed by atoms with E-state index < -0.39 is 0 Å². The normalized spacial score (nSPS) is 22.4. The minimum atomic E-state index is 0.208. The molecule has 0 bridgehead atoms. The molecule has 0 aromatic carbocycles. The minimum Gasteiger partial charge on any atom is -0.339 e. The van der Waals surface area contributed by atoms with E-state index in [-0.39, 0.29) is 11.3 Å². The second-order valence-electron chi connectivity index (χ2n) is 3.40. The number of nitrogens with zero attached hydrogens (tertiary/aromatic N) is 4. The number of hydrogen-bond acceptors (Lipinski definition) is 5. The number of halogens is 1. The van der Waals surface area contributed by atoms with Crippen LogP contribution in [0.1, 0.15) is 12.8 Å². The highest BCUT2D eigenvalue weighted by Crippen LogP contribution is 2.15. The first-order chi connectivity index (χ1) is 6.75. The number of piperidine rings is 1. The van der Waals surface area contributed by atoms with Gasteiger partial charge in [0.1, 0.15) is 6.33 Å². The summed E-state index contributed by atoms with van der Waals surface area (Å²) >= 11 is 5.68. The van der Waals surface area contributed by atoms with Crippen molar-refractivity contribution in [1.82, 2.24) is 15.0 Å². The monoisotopic (exact) mass is 213 g/mol. The van der Waals surface area contributed by atoms with Crippen molar-refractivity contribution < 1.29 is 0 Å². The molecule has 1 saturated heterocycles. The van der Waals surface area contributed by atoms with Crippen LogP contribution in [0.2, 0.25) is 5.28 Å². The fraction of sp³-hybridized carbons (Fsp3) is 0.625. The third kappa shape index (κ3) is 2.10.